The third-order valence-electron chi connectivity index (χ3n) is 2.24. The summed E-state index contributed by atoms with van der Waals surface area (Å²) in [5.41, 5.74) is -0.217. The molecule has 0 aliphatic rings. The van der Waals surface area contributed by atoms with Crippen LogP contribution in [0, 0.1) is 0 Å². The Kier molecular flexibility index (Phi) is 3.50. The van der Waals surface area contributed by atoms with Gasteiger partial charge in [-0.3, -0.25) is 0 Å². The molecule has 0 amide bonds. The van der Waals surface area contributed by atoms with Crippen molar-refractivity contribution in [2.24, 2.45) is 0 Å². The van der Waals surface area contributed by atoms with Gasteiger partial charge in [0.25, 0.3) is 0 Å². The van der Waals surface area contributed by atoms with E-state index in [1.54, 1.807) is 18.2 Å². The molecule has 0 aliphatic heterocycles. The van der Waals surface area contributed by atoms with Crippen molar-refractivity contribution in [2.45, 2.75) is 6.18 Å². The first-order chi connectivity index (χ1) is 8.36. The first-order valence-electron chi connectivity index (χ1n) is 4.87. The van der Waals surface area contributed by atoms with Crippen LogP contribution < -0.4 is 0 Å². The Balaban J connectivity index is 2.55. The van der Waals surface area contributed by atoms with E-state index < -0.39 is 11.7 Å². The van der Waals surface area contributed by atoms with Crippen LogP contribution in [0.2, 0.25) is 10.2 Å². The SMILES string of the molecule is FC(F)(F)c1cc(Cl)nc(-c2cccc(Cl)c2)c1. The summed E-state index contributed by atoms with van der Waals surface area (Å²) >= 11 is 11.4. The lowest BCUT2D eigenvalue weighted by Crippen LogP contribution is -2.05. The predicted octanol–water partition coefficient (Wildman–Crippen LogP) is 5.07. The largest absolute Gasteiger partial charge is 0.416 e. The molecular weight excluding hydrogens is 286 g/mol. The van der Waals surface area contributed by atoms with Crippen molar-refractivity contribution in [3.8, 4) is 11.3 Å². The Bertz CT molecular complexity index is 582. The molecule has 1 aromatic carbocycles. The smallest absolute Gasteiger partial charge is 0.236 e. The molecular formula is C12H6Cl2F3N. The van der Waals surface area contributed by atoms with Crippen LogP contribution in [0.3, 0.4) is 0 Å². The number of alkyl halides is 3. The topological polar surface area (TPSA) is 12.9 Å². The van der Waals surface area contributed by atoms with Gasteiger partial charge in [-0.2, -0.15) is 13.2 Å². The molecule has 0 saturated carbocycles. The number of benzene rings is 1. The van der Waals surface area contributed by atoms with Gasteiger partial charge in [0.05, 0.1) is 11.3 Å². The highest BCUT2D eigenvalue weighted by atomic mass is 35.5. The van der Waals surface area contributed by atoms with E-state index in [4.69, 9.17) is 23.2 Å². The summed E-state index contributed by atoms with van der Waals surface area (Å²) in [6, 6.07) is 8.13. The van der Waals surface area contributed by atoms with E-state index in [0.717, 1.165) is 12.1 Å². The average molecular weight is 292 g/mol. The second kappa shape index (κ2) is 4.78. The zero-order valence-corrected chi connectivity index (χ0v) is 10.3. The van der Waals surface area contributed by atoms with Crippen LogP contribution in [0.4, 0.5) is 13.2 Å². The third-order valence-corrected chi connectivity index (χ3v) is 2.67. The number of pyridine rings is 1. The fourth-order valence-electron chi connectivity index (χ4n) is 1.46. The first-order valence-corrected chi connectivity index (χ1v) is 5.62. The van der Waals surface area contributed by atoms with Crippen LogP contribution in [0.1, 0.15) is 5.56 Å². The van der Waals surface area contributed by atoms with E-state index in [9.17, 15) is 13.2 Å². The maximum atomic E-state index is 12.6. The molecule has 0 N–H and O–H groups in total. The third kappa shape index (κ3) is 2.94. The lowest BCUT2D eigenvalue weighted by Gasteiger charge is -2.09. The van der Waals surface area contributed by atoms with Gasteiger partial charge in [-0.15, -0.1) is 0 Å². The quantitative estimate of drug-likeness (QED) is 0.668. The molecule has 1 aromatic heterocycles. The number of aromatic nitrogens is 1. The van der Waals surface area contributed by atoms with Crippen LogP contribution in [0.15, 0.2) is 36.4 Å². The van der Waals surface area contributed by atoms with Crippen molar-refractivity contribution >= 4 is 23.2 Å². The van der Waals surface area contributed by atoms with Crippen molar-refractivity contribution in [1.29, 1.82) is 0 Å². The van der Waals surface area contributed by atoms with Crippen molar-refractivity contribution in [1.82, 2.24) is 4.98 Å². The van der Waals surface area contributed by atoms with E-state index >= 15 is 0 Å². The van der Waals surface area contributed by atoms with E-state index in [0.29, 0.717) is 10.6 Å². The Morgan fingerprint density at radius 1 is 1.00 bits per heavy atom. The monoisotopic (exact) mass is 291 g/mol. The summed E-state index contributed by atoms with van der Waals surface area (Å²) in [5.74, 6) is 0. The number of nitrogens with zero attached hydrogens (tertiary/aromatic N) is 1. The molecule has 0 bridgehead atoms. The molecule has 2 rings (SSSR count). The van der Waals surface area contributed by atoms with Crippen LogP contribution in [0.25, 0.3) is 11.3 Å². The molecule has 2 aromatic rings. The van der Waals surface area contributed by atoms with Crippen LogP contribution in [0.5, 0.6) is 0 Å². The van der Waals surface area contributed by atoms with E-state index in [2.05, 4.69) is 4.98 Å². The summed E-state index contributed by atoms with van der Waals surface area (Å²) in [7, 11) is 0. The molecule has 0 atom stereocenters. The van der Waals surface area contributed by atoms with Gasteiger partial charge in [-0.25, -0.2) is 4.98 Å². The minimum absolute atomic E-state index is 0.136. The molecule has 0 unspecified atom stereocenters. The van der Waals surface area contributed by atoms with E-state index in [-0.39, 0.29) is 10.8 Å². The Hall–Kier alpha value is -1.26. The summed E-state index contributed by atoms with van der Waals surface area (Å²) in [4.78, 5) is 3.87. The Labute approximate surface area is 111 Å². The van der Waals surface area contributed by atoms with Gasteiger partial charge in [0.15, 0.2) is 0 Å². The minimum atomic E-state index is -4.46. The summed E-state index contributed by atoms with van der Waals surface area (Å²) in [6.45, 7) is 0. The molecule has 0 aliphatic carbocycles. The second-order valence-corrected chi connectivity index (χ2v) is 4.40. The normalized spacial score (nSPS) is 11.6. The number of rotatable bonds is 1. The molecule has 0 radical (unpaired) electrons. The predicted molar refractivity (Wildman–Crippen MR) is 64.7 cm³/mol. The molecule has 1 heterocycles. The molecule has 0 fully saturated rings. The fraction of sp³-hybridized carbons (Fsp3) is 0.0833. The zero-order chi connectivity index (χ0) is 13.3. The first kappa shape index (κ1) is 13.2. The average Bonchev–Trinajstić information content (AvgIpc) is 2.27. The number of halogens is 5. The lowest BCUT2D eigenvalue weighted by atomic mass is 10.1. The zero-order valence-electron chi connectivity index (χ0n) is 8.80. The van der Waals surface area contributed by atoms with Crippen LogP contribution in [-0.4, -0.2) is 4.98 Å². The Morgan fingerprint density at radius 3 is 2.33 bits per heavy atom. The van der Waals surface area contributed by atoms with Gasteiger partial charge >= 0.3 is 6.18 Å². The maximum absolute atomic E-state index is 12.6. The second-order valence-electron chi connectivity index (χ2n) is 3.57. The van der Waals surface area contributed by atoms with E-state index in [1.165, 1.54) is 6.07 Å². The molecule has 0 saturated heterocycles. The van der Waals surface area contributed by atoms with Gasteiger partial charge in [-0.05, 0) is 24.3 Å². The van der Waals surface area contributed by atoms with Crippen molar-refractivity contribution in [3.63, 3.8) is 0 Å². The molecule has 0 spiro atoms. The van der Waals surface area contributed by atoms with Gasteiger partial charge in [-0.1, -0.05) is 35.3 Å². The summed E-state index contributed by atoms with van der Waals surface area (Å²) < 4.78 is 37.9. The van der Waals surface area contributed by atoms with E-state index in [1.807, 2.05) is 0 Å². The summed E-state index contributed by atoms with van der Waals surface area (Å²) in [6.07, 6.45) is -4.46. The van der Waals surface area contributed by atoms with Crippen LogP contribution >= 0.6 is 23.2 Å². The van der Waals surface area contributed by atoms with Crippen LogP contribution in [-0.2, 0) is 6.18 Å². The maximum Gasteiger partial charge on any atom is 0.416 e. The summed E-state index contributed by atoms with van der Waals surface area (Å²) in [5, 5.41) is 0.211. The van der Waals surface area contributed by atoms with Crippen molar-refractivity contribution in [3.05, 3.63) is 52.1 Å². The standard InChI is InChI=1S/C12H6Cl2F3N/c13-9-3-1-2-7(4-9)10-5-8(12(15,16)17)6-11(14)18-10/h1-6H. The highest BCUT2D eigenvalue weighted by molar-refractivity contribution is 6.31. The minimum Gasteiger partial charge on any atom is -0.236 e. The molecule has 1 nitrogen and oxygen atoms in total. The molecule has 18 heavy (non-hydrogen) atoms. The van der Waals surface area contributed by atoms with Gasteiger partial charge < -0.3 is 0 Å². The van der Waals surface area contributed by atoms with Gasteiger partial charge in [0.2, 0.25) is 0 Å². The number of hydrogen-bond donors (Lipinski definition) is 0. The molecule has 94 valence electrons. The van der Waals surface area contributed by atoms with Crippen molar-refractivity contribution in [2.75, 3.05) is 0 Å². The Morgan fingerprint density at radius 2 is 1.72 bits per heavy atom. The fourth-order valence-corrected chi connectivity index (χ4v) is 1.86. The van der Waals surface area contributed by atoms with Crippen molar-refractivity contribution < 1.29 is 13.2 Å². The van der Waals surface area contributed by atoms with Gasteiger partial charge in [0.1, 0.15) is 5.15 Å². The molecule has 6 heteroatoms. The van der Waals surface area contributed by atoms with Gasteiger partial charge in [0, 0.05) is 10.6 Å². The number of hydrogen-bond acceptors (Lipinski definition) is 1. The lowest BCUT2D eigenvalue weighted by molar-refractivity contribution is -0.137. The highest BCUT2D eigenvalue weighted by Gasteiger charge is 2.31. The highest BCUT2D eigenvalue weighted by Crippen LogP contribution is 2.33.